The van der Waals surface area contributed by atoms with E-state index >= 15 is 4.39 Å². The number of hydrogen-bond donors (Lipinski definition) is 3. The molecule has 194 valence electrons. The maximum absolute atomic E-state index is 15.6. The molecule has 0 aliphatic carbocycles. The number of para-hydroxylation sites is 2. The van der Waals surface area contributed by atoms with Gasteiger partial charge < -0.3 is 20.5 Å². The number of anilines is 1. The van der Waals surface area contributed by atoms with Crippen molar-refractivity contribution >= 4 is 17.2 Å². The van der Waals surface area contributed by atoms with Crippen LogP contribution < -0.4 is 26.2 Å². The summed E-state index contributed by atoms with van der Waals surface area (Å²) < 4.78 is 27.0. The fourth-order valence-electron chi connectivity index (χ4n) is 4.28. The first kappa shape index (κ1) is 24.5. The number of nitrogens with two attached hydrogens (primary N) is 1. The minimum Gasteiger partial charge on any atom is -0.497 e. The molecule has 3 aromatic carbocycles. The van der Waals surface area contributed by atoms with E-state index in [4.69, 9.17) is 15.2 Å². The Kier molecular flexibility index (Phi) is 6.24. The molecule has 4 aromatic rings. The van der Waals surface area contributed by atoms with Crippen molar-refractivity contribution in [3.63, 3.8) is 0 Å². The molecule has 0 radical (unpaired) electrons. The zero-order valence-electron chi connectivity index (χ0n) is 20.3. The minimum atomic E-state index is -1.06. The molecule has 38 heavy (non-hydrogen) atoms. The number of nitro benzene ring substituents is 1. The predicted molar refractivity (Wildman–Crippen MR) is 137 cm³/mol. The average Bonchev–Trinajstić information content (AvgIpc) is 3.49. The van der Waals surface area contributed by atoms with E-state index in [9.17, 15) is 14.9 Å². The minimum absolute atomic E-state index is 0.00128. The lowest BCUT2D eigenvalue weighted by molar-refractivity contribution is -0.384. The van der Waals surface area contributed by atoms with Crippen LogP contribution in [0.2, 0.25) is 0 Å². The van der Waals surface area contributed by atoms with Crippen LogP contribution in [0.25, 0.3) is 5.69 Å². The third kappa shape index (κ3) is 4.30. The van der Waals surface area contributed by atoms with Crippen molar-refractivity contribution in [2.24, 2.45) is 10.7 Å². The number of aliphatic imine (C=N–C) groups is 1. The van der Waals surface area contributed by atoms with Crippen molar-refractivity contribution in [2.45, 2.75) is 12.6 Å². The van der Waals surface area contributed by atoms with Gasteiger partial charge >= 0.3 is 5.69 Å². The first-order valence-electron chi connectivity index (χ1n) is 11.3. The molecular formula is C25H22FN7O5. The van der Waals surface area contributed by atoms with Crippen LogP contribution in [0.5, 0.6) is 11.5 Å². The Morgan fingerprint density at radius 2 is 1.97 bits per heavy atom. The molecule has 0 fully saturated rings. The van der Waals surface area contributed by atoms with E-state index in [1.165, 1.54) is 44.6 Å². The monoisotopic (exact) mass is 519 g/mol. The highest BCUT2D eigenvalue weighted by molar-refractivity contribution is 6.01. The highest BCUT2D eigenvalue weighted by Gasteiger charge is 2.28. The molecule has 2 heterocycles. The van der Waals surface area contributed by atoms with Gasteiger partial charge in [0.25, 0.3) is 5.69 Å². The van der Waals surface area contributed by atoms with Crippen LogP contribution in [0.1, 0.15) is 28.6 Å². The number of hydrogen-bond acceptors (Lipinski definition) is 9. The van der Waals surface area contributed by atoms with Crippen molar-refractivity contribution in [1.29, 1.82) is 0 Å². The summed E-state index contributed by atoms with van der Waals surface area (Å²) in [4.78, 5) is 30.7. The van der Waals surface area contributed by atoms with Gasteiger partial charge in [0, 0.05) is 28.9 Å². The number of ether oxygens (including phenoxy) is 2. The standard InChI is InChI=1S/C25H22FN7O5/c1-37-15-10-17(21(26)20(11-15)38-2)22(29-14-7-8-16-13(9-14)12-28-23(16)27)24-30-25(34)32(31-24)18-5-3-4-6-19(18)33(35)36/h3-11,22,29H,12H2,1-2H3,(H2,27,28)(H,30,31,34). The van der Waals surface area contributed by atoms with Gasteiger partial charge in [0.05, 0.1) is 25.7 Å². The zero-order valence-corrected chi connectivity index (χ0v) is 20.3. The number of nitrogens with one attached hydrogen (secondary N) is 2. The van der Waals surface area contributed by atoms with Crippen LogP contribution in [0, 0.1) is 15.9 Å². The second-order valence-electron chi connectivity index (χ2n) is 8.36. The van der Waals surface area contributed by atoms with Crippen LogP contribution in [-0.4, -0.2) is 39.7 Å². The number of methoxy groups -OCH3 is 2. The number of fused-ring (bicyclic) bond motifs is 1. The van der Waals surface area contributed by atoms with Crippen LogP contribution in [0.4, 0.5) is 15.8 Å². The first-order chi connectivity index (χ1) is 18.3. The van der Waals surface area contributed by atoms with Gasteiger partial charge in [0.1, 0.15) is 23.3 Å². The van der Waals surface area contributed by atoms with Crippen LogP contribution in [-0.2, 0) is 6.54 Å². The number of rotatable bonds is 8. The molecule has 12 nitrogen and oxygen atoms in total. The Morgan fingerprint density at radius 1 is 1.18 bits per heavy atom. The van der Waals surface area contributed by atoms with Gasteiger partial charge in [-0.15, -0.1) is 5.10 Å². The Morgan fingerprint density at radius 3 is 2.71 bits per heavy atom. The molecule has 5 rings (SSSR count). The van der Waals surface area contributed by atoms with Gasteiger partial charge in [0.2, 0.25) is 0 Å². The Balaban J connectivity index is 1.66. The van der Waals surface area contributed by atoms with Crippen molar-refractivity contribution < 1.29 is 18.8 Å². The molecule has 4 N–H and O–H groups in total. The van der Waals surface area contributed by atoms with Gasteiger partial charge in [0.15, 0.2) is 17.4 Å². The number of H-pyrrole nitrogens is 1. The summed E-state index contributed by atoms with van der Waals surface area (Å²) in [5.41, 5.74) is 7.12. The second kappa shape index (κ2) is 9.69. The van der Waals surface area contributed by atoms with Crippen LogP contribution >= 0.6 is 0 Å². The lowest BCUT2D eigenvalue weighted by Crippen LogP contribution is -2.18. The van der Waals surface area contributed by atoms with E-state index in [2.05, 4.69) is 20.4 Å². The number of benzene rings is 3. The number of amidine groups is 1. The van der Waals surface area contributed by atoms with E-state index in [-0.39, 0.29) is 28.5 Å². The van der Waals surface area contributed by atoms with Crippen molar-refractivity contribution in [3.05, 3.63) is 104 Å². The number of halogens is 1. The van der Waals surface area contributed by atoms with Gasteiger partial charge in [-0.1, -0.05) is 12.1 Å². The third-order valence-electron chi connectivity index (χ3n) is 6.13. The molecule has 0 spiro atoms. The molecule has 1 aliphatic heterocycles. The second-order valence-corrected chi connectivity index (χ2v) is 8.36. The smallest absolute Gasteiger partial charge is 0.348 e. The molecule has 0 saturated heterocycles. The SMILES string of the molecule is COc1cc(OC)c(F)c(C(Nc2ccc3c(c2)CN=C3N)c2nn(-c3ccccc3[N+](=O)[O-])c(=O)[nH]2)c1. The largest absolute Gasteiger partial charge is 0.497 e. The summed E-state index contributed by atoms with van der Waals surface area (Å²) in [6, 6.07) is 12.8. The summed E-state index contributed by atoms with van der Waals surface area (Å²) in [5.74, 6) is -0.0548. The molecule has 0 saturated carbocycles. The van der Waals surface area contributed by atoms with Crippen LogP contribution in [0.15, 0.2) is 64.4 Å². The predicted octanol–water partition coefficient (Wildman–Crippen LogP) is 3.05. The zero-order chi connectivity index (χ0) is 27.0. The normalized spacial score (nSPS) is 13.0. The number of nitrogens with zero attached hydrogens (tertiary/aromatic N) is 4. The third-order valence-corrected chi connectivity index (χ3v) is 6.13. The highest BCUT2D eigenvalue weighted by atomic mass is 19.1. The maximum atomic E-state index is 15.6. The fourth-order valence-corrected chi connectivity index (χ4v) is 4.28. The van der Waals surface area contributed by atoms with Gasteiger partial charge in [-0.3, -0.25) is 20.1 Å². The number of aromatic amines is 1. The Hall–Kier alpha value is -5.20. The maximum Gasteiger partial charge on any atom is 0.348 e. The summed E-state index contributed by atoms with van der Waals surface area (Å²) in [6.07, 6.45) is 0. The molecule has 0 bridgehead atoms. The van der Waals surface area contributed by atoms with Crippen molar-refractivity contribution in [1.82, 2.24) is 14.8 Å². The number of nitro groups is 1. The Bertz CT molecular complexity index is 1650. The van der Waals surface area contributed by atoms with Gasteiger partial charge in [-0.2, -0.15) is 4.68 Å². The number of aromatic nitrogens is 3. The molecular weight excluding hydrogens is 497 g/mol. The lowest BCUT2D eigenvalue weighted by Gasteiger charge is -2.21. The quantitative estimate of drug-likeness (QED) is 0.236. The molecule has 13 heteroatoms. The molecule has 1 atom stereocenters. The fraction of sp³-hybridized carbons (Fsp3) is 0.160. The summed E-state index contributed by atoms with van der Waals surface area (Å²) in [6.45, 7) is 0.395. The van der Waals surface area contributed by atoms with E-state index in [0.717, 1.165) is 15.8 Å². The van der Waals surface area contributed by atoms with E-state index in [1.807, 2.05) is 6.07 Å². The average molecular weight is 519 g/mol. The molecule has 0 amide bonds. The van der Waals surface area contributed by atoms with Gasteiger partial charge in [-0.05, 0) is 35.9 Å². The van der Waals surface area contributed by atoms with Crippen LogP contribution in [0.3, 0.4) is 0 Å². The van der Waals surface area contributed by atoms with E-state index in [0.29, 0.717) is 23.8 Å². The summed E-state index contributed by atoms with van der Waals surface area (Å²) >= 11 is 0. The summed E-state index contributed by atoms with van der Waals surface area (Å²) in [5, 5.41) is 19.1. The topological polar surface area (TPSA) is 163 Å². The highest BCUT2D eigenvalue weighted by Crippen LogP contribution is 2.35. The van der Waals surface area contributed by atoms with E-state index < -0.39 is 22.5 Å². The Labute approximate surface area is 214 Å². The van der Waals surface area contributed by atoms with Crippen molar-refractivity contribution in [3.8, 4) is 17.2 Å². The molecule has 1 aromatic heterocycles. The van der Waals surface area contributed by atoms with Crippen molar-refractivity contribution in [2.75, 3.05) is 19.5 Å². The lowest BCUT2D eigenvalue weighted by atomic mass is 10.0. The first-order valence-corrected chi connectivity index (χ1v) is 11.3. The molecule has 1 unspecified atom stereocenters. The summed E-state index contributed by atoms with van der Waals surface area (Å²) in [7, 11) is 2.75. The van der Waals surface area contributed by atoms with Gasteiger partial charge in [-0.25, -0.2) is 9.18 Å². The van der Waals surface area contributed by atoms with E-state index in [1.54, 1.807) is 18.2 Å². The molecule has 1 aliphatic rings.